The molecule has 2 bridgehead atoms. The van der Waals surface area contributed by atoms with Crippen LogP contribution in [0.4, 0.5) is 0 Å². The molecule has 0 amide bonds. The van der Waals surface area contributed by atoms with Crippen LogP contribution in [-0.4, -0.2) is 18.6 Å². The molecule has 2 rings (SSSR count). The number of alkyl halides is 1. The summed E-state index contributed by atoms with van der Waals surface area (Å²) in [6, 6.07) is 0. The standard InChI is InChI=1S/C14H25ClO/c1-10(8-15)9-16-12-7-11-5-6-14(12,4)13(11,2)3/h10-12H,5-9H2,1-4H3. The van der Waals surface area contributed by atoms with E-state index in [9.17, 15) is 0 Å². The fourth-order valence-electron chi connectivity index (χ4n) is 3.71. The molecule has 2 heteroatoms. The maximum absolute atomic E-state index is 6.14. The minimum atomic E-state index is 0.393. The Hall–Kier alpha value is 0.250. The van der Waals surface area contributed by atoms with Crippen LogP contribution in [0.3, 0.4) is 0 Å². The molecular weight excluding hydrogens is 220 g/mol. The van der Waals surface area contributed by atoms with Crippen molar-refractivity contribution in [2.45, 2.75) is 53.1 Å². The first-order valence-electron chi connectivity index (χ1n) is 6.59. The molecular formula is C14H25ClO. The molecule has 0 heterocycles. The van der Waals surface area contributed by atoms with Crippen molar-refractivity contribution in [3.63, 3.8) is 0 Å². The summed E-state index contributed by atoms with van der Waals surface area (Å²) in [5.41, 5.74) is 0.853. The lowest BCUT2D eigenvalue weighted by Crippen LogP contribution is -2.37. The fraction of sp³-hybridized carbons (Fsp3) is 1.00. The van der Waals surface area contributed by atoms with Gasteiger partial charge in [-0.2, -0.15) is 0 Å². The van der Waals surface area contributed by atoms with E-state index in [-0.39, 0.29) is 0 Å². The minimum Gasteiger partial charge on any atom is -0.377 e. The van der Waals surface area contributed by atoms with Gasteiger partial charge < -0.3 is 4.74 Å². The Labute approximate surface area is 105 Å². The number of hydrogen-bond acceptors (Lipinski definition) is 1. The van der Waals surface area contributed by atoms with E-state index in [1.165, 1.54) is 19.3 Å². The summed E-state index contributed by atoms with van der Waals surface area (Å²) in [5, 5.41) is 0. The van der Waals surface area contributed by atoms with Crippen LogP contribution in [0.1, 0.15) is 47.0 Å². The number of rotatable bonds is 4. The third kappa shape index (κ3) is 1.71. The molecule has 2 fully saturated rings. The van der Waals surface area contributed by atoms with Crippen LogP contribution in [0.2, 0.25) is 0 Å². The summed E-state index contributed by atoms with van der Waals surface area (Å²) in [7, 11) is 0. The van der Waals surface area contributed by atoms with Crippen molar-refractivity contribution < 1.29 is 4.74 Å². The van der Waals surface area contributed by atoms with Gasteiger partial charge in [-0.1, -0.05) is 27.7 Å². The van der Waals surface area contributed by atoms with Crippen molar-refractivity contribution in [2.24, 2.45) is 22.7 Å². The zero-order valence-electron chi connectivity index (χ0n) is 11.1. The van der Waals surface area contributed by atoms with Crippen LogP contribution in [0.25, 0.3) is 0 Å². The summed E-state index contributed by atoms with van der Waals surface area (Å²) in [5.74, 6) is 2.05. The average molecular weight is 245 g/mol. The van der Waals surface area contributed by atoms with Crippen molar-refractivity contribution in [1.29, 1.82) is 0 Å². The summed E-state index contributed by atoms with van der Waals surface area (Å²) in [6.07, 6.45) is 4.46. The van der Waals surface area contributed by atoms with E-state index >= 15 is 0 Å². The molecule has 2 saturated carbocycles. The highest BCUT2D eigenvalue weighted by Gasteiger charge is 2.61. The summed E-state index contributed by atoms with van der Waals surface area (Å²) >= 11 is 5.83. The second kappa shape index (κ2) is 4.17. The van der Waals surface area contributed by atoms with E-state index in [0.717, 1.165) is 12.5 Å². The molecule has 0 N–H and O–H groups in total. The topological polar surface area (TPSA) is 9.23 Å². The van der Waals surface area contributed by atoms with Gasteiger partial charge in [0.15, 0.2) is 0 Å². The third-order valence-corrected chi connectivity index (χ3v) is 6.09. The van der Waals surface area contributed by atoms with Gasteiger partial charge in [-0.15, -0.1) is 11.6 Å². The van der Waals surface area contributed by atoms with E-state index in [2.05, 4.69) is 27.7 Å². The van der Waals surface area contributed by atoms with Gasteiger partial charge in [0.2, 0.25) is 0 Å². The normalized spacial score (nSPS) is 42.6. The molecule has 94 valence electrons. The molecule has 0 aliphatic heterocycles. The molecule has 0 aromatic rings. The predicted octanol–water partition coefficient (Wildman–Crippen LogP) is 4.09. The molecule has 0 radical (unpaired) electrons. The highest BCUT2D eigenvalue weighted by molar-refractivity contribution is 6.18. The summed E-state index contributed by atoms with van der Waals surface area (Å²) in [4.78, 5) is 0. The van der Waals surface area contributed by atoms with Crippen molar-refractivity contribution in [3.8, 4) is 0 Å². The number of ether oxygens (including phenoxy) is 1. The van der Waals surface area contributed by atoms with E-state index < -0.39 is 0 Å². The van der Waals surface area contributed by atoms with Crippen LogP contribution in [0.5, 0.6) is 0 Å². The Balaban J connectivity index is 1.99. The zero-order valence-corrected chi connectivity index (χ0v) is 11.8. The van der Waals surface area contributed by atoms with Crippen LogP contribution in [0.15, 0.2) is 0 Å². The number of fused-ring (bicyclic) bond motifs is 2. The first kappa shape index (κ1) is 12.7. The molecule has 0 spiro atoms. The molecule has 0 aromatic heterocycles. The fourth-order valence-corrected chi connectivity index (χ4v) is 3.80. The second-order valence-corrected chi connectivity index (χ2v) is 7.00. The lowest BCUT2D eigenvalue weighted by molar-refractivity contribution is -0.0549. The molecule has 1 nitrogen and oxygen atoms in total. The zero-order chi connectivity index (χ0) is 12.0. The highest BCUT2D eigenvalue weighted by Crippen LogP contribution is 2.66. The largest absolute Gasteiger partial charge is 0.377 e. The third-order valence-electron chi connectivity index (χ3n) is 5.56. The first-order chi connectivity index (χ1) is 7.41. The molecule has 4 atom stereocenters. The Bertz CT molecular complexity index is 263. The monoisotopic (exact) mass is 244 g/mol. The first-order valence-corrected chi connectivity index (χ1v) is 7.13. The highest BCUT2D eigenvalue weighted by atomic mass is 35.5. The van der Waals surface area contributed by atoms with Gasteiger partial charge in [-0.3, -0.25) is 0 Å². The summed E-state index contributed by atoms with van der Waals surface area (Å²) in [6.45, 7) is 10.3. The van der Waals surface area contributed by atoms with Gasteiger partial charge >= 0.3 is 0 Å². The van der Waals surface area contributed by atoms with E-state index in [4.69, 9.17) is 16.3 Å². The Morgan fingerprint density at radius 3 is 2.50 bits per heavy atom. The number of halogens is 1. The van der Waals surface area contributed by atoms with Crippen LogP contribution in [0, 0.1) is 22.7 Å². The number of hydrogen-bond donors (Lipinski definition) is 0. The SMILES string of the molecule is CC(CCl)COC1CC2CCC1(C)C2(C)C. The van der Waals surface area contributed by atoms with Gasteiger partial charge in [-0.25, -0.2) is 0 Å². The van der Waals surface area contributed by atoms with E-state index in [0.29, 0.717) is 28.7 Å². The van der Waals surface area contributed by atoms with Crippen LogP contribution < -0.4 is 0 Å². The quantitative estimate of drug-likeness (QED) is 0.677. The Morgan fingerprint density at radius 2 is 2.06 bits per heavy atom. The van der Waals surface area contributed by atoms with E-state index in [1.807, 2.05) is 0 Å². The molecule has 16 heavy (non-hydrogen) atoms. The van der Waals surface area contributed by atoms with Crippen LogP contribution >= 0.6 is 11.6 Å². The Morgan fingerprint density at radius 1 is 1.38 bits per heavy atom. The lowest BCUT2D eigenvalue weighted by Gasteiger charge is -2.39. The molecule has 2 aliphatic carbocycles. The van der Waals surface area contributed by atoms with Gasteiger partial charge in [0.25, 0.3) is 0 Å². The molecule has 4 unspecified atom stereocenters. The lowest BCUT2D eigenvalue weighted by atomic mass is 9.70. The van der Waals surface area contributed by atoms with Gasteiger partial charge in [0.05, 0.1) is 12.7 Å². The minimum absolute atomic E-state index is 0.393. The van der Waals surface area contributed by atoms with E-state index in [1.54, 1.807) is 0 Å². The Kier molecular flexibility index (Phi) is 3.31. The molecule has 0 saturated heterocycles. The second-order valence-electron chi connectivity index (χ2n) is 6.69. The maximum Gasteiger partial charge on any atom is 0.0636 e. The van der Waals surface area contributed by atoms with Crippen molar-refractivity contribution in [2.75, 3.05) is 12.5 Å². The smallest absolute Gasteiger partial charge is 0.0636 e. The molecule has 2 aliphatic rings. The predicted molar refractivity (Wildman–Crippen MR) is 68.9 cm³/mol. The maximum atomic E-state index is 6.14. The van der Waals surface area contributed by atoms with Gasteiger partial charge in [-0.05, 0) is 41.9 Å². The van der Waals surface area contributed by atoms with Crippen molar-refractivity contribution in [3.05, 3.63) is 0 Å². The van der Waals surface area contributed by atoms with Crippen molar-refractivity contribution in [1.82, 2.24) is 0 Å². The van der Waals surface area contributed by atoms with Crippen molar-refractivity contribution >= 4 is 11.6 Å². The molecule has 0 aromatic carbocycles. The van der Waals surface area contributed by atoms with Gasteiger partial charge in [0.1, 0.15) is 0 Å². The van der Waals surface area contributed by atoms with Gasteiger partial charge in [0, 0.05) is 5.88 Å². The summed E-state index contributed by atoms with van der Waals surface area (Å²) < 4.78 is 6.14. The average Bonchev–Trinajstić information content (AvgIpc) is 2.58. The van der Waals surface area contributed by atoms with Crippen LogP contribution in [-0.2, 0) is 4.74 Å².